The van der Waals surface area contributed by atoms with Gasteiger partial charge >= 0.3 is 5.97 Å². The SMILES string of the molecule is CN(CC(=O)Nc1ccc(F)cc1)C(=O)COC(=O)c1cccc(I)c1. The van der Waals surface area contributed by atoms with Gasteiger partial charge in [0.25, 0.3) is 5.91 Å². The molecule has 0 saturated heterocycles. The highest BCUT2D eigenvalue weighted by Crippen LogP contribution is 2.10. The first-order chi connectivity index (χ1) is 12.3. The highest BCUT2D eigenvalue weighted by Gasteiger charge is 2.16. The summed E-state index contributed by atoms with van der Waals surface area (Å²) in [7, 11) is 1.42. The van der Waals surface area contributed by atoms with Crippen LogP contribution >= 0.6 is 22.6 Å². The molecule has 0 saturated carbocycles. The largest absolute Gasteiger partial charge is 0.452 e. The second-order valence-corrected chi connectivity index (χ2v) is 6.64. The summed E-state index contributed by atoms with van der Waals surface area (Å²) in [6, 6.07) is 12.0. The predicted octanol–water partition coefficient (Wildman–Crippen LogP) is 2.68. The van der Waals surface area contributed by atoms with Gasteiger partial charge in [-0.25, -0.2) is 9.18 Å². The smallest absolute Gasteiger partial charge is 0.338 e. The van der Waals surface area contributed by atoms with Gasteiger partial charge in [-0.2, -0.15) is 0 Å². The Labute approximate surface area is 163 Å². The van der Waals surface area contributed by atoms with Crippen LogP contribution in [0.2, 0.25) is 0 Å². The number of nitrogens with zero attached hydrogens (tertiary/aromatic N) is 1. The number of amides is 2. The number of carbonyl (C=O) groups is 3. The Balaban J connectivity index is 1.80. The van der Waals surface area contributed by atoms with Gasteiger partial charge in [0.1, 0.15) is 5.82 Å². The van der Waals surface area contributed by atoms with E-state index >= 15 is 0 Å². The van der Waals surface area contributed by atoms with Gasteiger partial charge in [0, 0.05) is 16.3 Å². The van der Waals surface area contributed by atoms with E-state index in [1.807, 2.05) is 6.07 Å². The molecule has 0 fully saturated rings. The average Bonchev–Trinajstić information content (AvgIpc) is 2.61. The Morgan fingerprint density at radius 2 is 1.85 bits per heavy atom. The van der Waals surface area contributed by atoms with Crippen LogP contribution in [-0.4, -0.2) is 42.9 Å². The topological polar surface area (TPSA) is 75.7 Å². The van der Waals surface area contributed by atoms with Crippen molar-refractivity contribution in [3.8, 4) is 0 Å². The molecule has 0 unspecified atom stereocenters. The molecule has 0 heterocycles. The van der Waals surface area contributed by atoms with Gasteiger partial charge < -0.3 is 15.0 Å². The number of halogens is 2. The van der Waals surface area contributed by atoms with Crippen molar-refractivity contribution in [1.82, 2.24) is 4.90 Å². The Morgan fingerprint density at radius 1 is 1.15 bits per heavy atom. The molecule has 0 bridgehead atoms. The minimum absolute atomic E-state index is 0.225. The van der Waals surface area contributed by atoms with Gasteiger partial charge in [0.15, 0.2) is 6.61 Å². The highest BCUT2D eigenvalue weighted by molar-refractivity contribution is 14.1. The fourth-order valence-corrected chi connectivity index (χ4v) is 2.52. The molecular formula is C18H16FIN2O4. The number of carbonyl (C=O) groups excluding carboxylic acids is 3. The zero-order valence-electron chi connectivity index (χ0n) is 13.9. The lowest BCUT2D eigenvalue weighted by Crippen LogP contribution is -2.37. The van der Waals surface area contributed by atoms with Crippen LogP contribution in [0, 0.1) is 9.39 Å². The van der Waals surface area contributed by atoms with E-state index in [2.05, 4.69) is 27.9 Å². The summed E-state index contributed by atoms with van der Waals surface area (Å²) in [5.41, 5.74) is 0.767. The van der Waals surface area contributed by atoms with Crippen LogP contribution in [0.3, 0.4) is 0 Å². The normalized spacial score (nSPS) is 10.1. The molecule has 0 spiro atoms. The van der Waals surface area contributed by atoms with Crippen molar-refractivity contribution in [3.63, 3.8) is 0 Å². The molecule has 0 aliphatic carbocycles. The summed E-state index contributed by atoms with van der Waals surface area (Å²) in [4.78, 5) is 36.9. The van der Waals surface area contributed by atoms with Gasteiger partial charge in [-0.05, 0) is 65.1 Å². The third-order valence-corrected chi connectivity index (χ3v) is 3.99. The minimum atomic E-state index is -0.610. The number of benzene rings is 2. The summed E-state index contributed by atoms with van der Waals surface area (Å²) in [6.07, 6.45) is 0. The first kappa shape index (κ1) is 19.8. The van der Waals surface area contributed by atoms with Crippen molar-refractivity contribution in [2.75, 3.05) is 25.5 Å². The Bertz CT molecular complexity index is 811. The van der Waals surface area contributed by atoms with E-state index in [9.17, 15) is 18.8 Å². The number of nitrogens with one attached hydrogen (secondary N) is 1. The van der Waals surface area contributed by atoms with E-state index in [4.69, 9.17) is 4.74 Å². The van der Waals surface area contributed by atoms with Crippen LogP contribution in [0.15, 0.2) is 48.5 Å². The molecule has 8 heteroatoms. The molecule has 2 aromatic rings. The zero-order chi connectivity index (χ0) is 19.1. The maximum absolute atomic E-state index is 12.8. The molecule has 1 N–H and O–H groups in total. The molecule has 2 amide bonds. The second kappa shape index (κ2) is 9.27. The number of hydrogen-bond donors (Lipinski definition) is 1. The number of esters is 1. The molecule has 0 aliphatic heterocycles. The van der Waals surface area contributed by atoms with Crippen molar-refractivity contribution in [2.45, 2.75) is 0 Å². The lowest BCUT2D eigenvalue weighted by Gasteiger charge is -2.16. The quantitative estimate of drug-likeness (QED) is 0.521. The van der Waals surface area contributed by atoms with Crippen molar-refractivity contribution in [3.05, 3.63) is 63.5 Å². The molecule has 2 aromatic carbocycles. The minimum Gasteiger partial charge on any atom is -0.452 e. The predicted molar refractivity (Wildman–Crippen MR) is 102 cm³/mol. The third-order valence-electron chi connectivity index (χ3n) is 3.32. The first-order valence-electron chi connectivity index (χ1n) is 7.57. The van der Waals surface area contributed by atoms with E-state index in [-0.39, 0.29) is 6.54 Å². The van der Waals surface area contributed by atoms with Crippen molar-refractivity contribution < 1.29 is 23.5 Å². The summed E-state index contributed by atoms with van der Waals surface area (Å²) in [5, 5.41) is 2.54. The fourth-order valence-electron chi connectivity index (χ4n) is 1.97. The number of ether oxygens (including phenoxy) is 1. The van der Waals surface area contributed by atoms with Crippen molar-refractivity contribution in [2.24, 2.45) is 0 Å². The Kier molecular flexibility index (Phi) is 7.07. The van der Waals surface area contributed by atoms with Crippen LogP contribution < -0.4 is 5.32 Å². The standard InChI is InChI=1S/C18H16FIN2O4/c1-22(10-16(23)21-15-7-5-13(19)6-8-15)17(24)11-26-18(25)12-3-2-4-14(20)9-12/h2-9H,10-11H2,1H3,(H,21,23). The molecule has 26 heavy (non-hydrogen) atoms. The second-order valence-electron chi connectivity index (χ2n) is 5.39. The molecule has 2 rings (SSSR count). The van der Waals surface area contributed by atoms with Gasteiger partial charge in [-0.1, -0.05) is 6.07 Å². The molecule has 0 atom stereocenters. The molecule has 0 aromatic heterocycles. The van der Waals surface area contributed by atoms with E-state index in [0.717, 1.165) is 8.47 Å². The molecule has 0 aliphatic rings. The highest BCUT2D eigenvalue weighted by atomic mass is 127. The van der Waals surface area contributed by atoms with Crippen molar-refractivity contribution >= 4 is 46.1 Å². The molecule has 6 nitrogen and oxygen atoms in total. The van der Waals surface area contributed by atoms with Crippen LogP contribution in [-0.2, 0) is 14.3 Å². The van der Waals surface area contributed by atoms with Crippen LogP contribution in [0.1, 0.15) is 10.4 Å². The van der Waals surface area contributed by atoms with E-state index in [0.29, 0.717) is 11.3 Å². The monoisotopic (exact) mass is 470 g/mol. The molecular weight excluding hydrogens is 454 g/mol. The summed E-state index contributed by atoms with van der Waals surface area (Å²) < 4.78 is 18.7. The third kappa shape index (κ3) is 6.10. The van der Waals surface area contributed by atoms with Gasteiger partial charge in [0.05, 0.1) is 12.1 Å². The van der Waals surface area contributed by atoms with Crippen molar-refractivity contribution in [1.29, 1.82) is 0 Å². The van der Waals surface area contributed by atoms with Gasteiger partial charge in [-0.3, -0.25) is 9.59 Å². The Hall–Kier alpha value is -2.49. The fraction of sp³-hybridized carbons (Fsp3) is 0.167. The molecule has 0 radical (unpaired) electrons. The van der Waals surface area contributed by atoms with E-state index in [1.54, 1.807) is 18.2 Å². The molecule has 136 valence electrons. The average molecular weight is 470 g/mol. The van der Waals surface area contributed by atoms with E-state index in [1.165, 1.54) is 31.3 Å². The lowest BCUT2D eigenvalue weighted by atomic mass is 10.2. The number of hydrogen-bond acceptors (Lipinski definition) is 4. The summed E-state index contributed by atoms with van der Waals surface area (Å²) in [6.45, 7) is -0.693. The van der Waals surface area contributed by atoms with Crippen LogP contribution in [0.5, 0.6) is 0 Å². The number of likely N-dealkylation sites (N-methyl/N-ethyl adjacent to an activating group) is 1. The van der Waals surface area contributed by atoms with Gasteiger partial charge in [-0.15, -0.1) is 0 Å². The lowest BCUT2D eigenvalue weighted by molar-refractivity contribution is -0.136. The first-order valence-corrected chi connectivity index (χ1v) is 8.65. The zero-order valence-corrected chi connectivity index (χ0v) is 16.0. The van der Waals surface area contributed by atoms with E-state index < -0.39 is 30.2 Å². The van der Waals surface area contributed by atoms with Crippen LogP contribution in [0.25, 0.3) is 0 Å². The summed E-state index contributed by atoms with van der Waals surface area (Å²) >= 11 is 2.07. The summed E-state index contributed by atoms with van der Waals surface area (Å²) in [5.74, 6) is -1.99. The number of anilines is 1. The van der Waals surface area contributed by atoms with Crippen LogP contribution in [0.4, 0.5) is 10.1 Å². The van der Waals surface area contributed by atoms with Gasteiger partial charge in [0.2, 0.25) is 5.91 Å². The maximum Gasteiger partial charge on any atom is 0.338 e. The Morgan fingerprint density at radius 3 is 2.50 bits per heavy atom. The number of rotatable bonds is 6. The maximum atomic E-state index is 12.8.